The van der Waals surface area contributed by atoms with Crippen molar-refractivity contribution in [1.82, 2.24) is 15.2 Å². The van der Waals surface area contributed by atoms with Crippen LogP contribution in [0.15, 0.2) is 30.5 Å². The van der Waals surface area contributed by atoms with Gasteiger partial charge in [0.15, 0.2) is 6.04 Å². The van der Waals surface area contributed by atoms with E-state index in [1.54, 1.807) is 6.07 Å². The Balaban J connectivity index is 1.50. The molecule has 2 N–H and O–H groups in total. The number of amides is 2. The van der Waals surface area contributed by atoms with E-state index in [1.807, 2.05) is 0 Å². The van der Waals surface area contributed by atoms with Crippen molar-refractivity contribution >= 4 is 29.1 Å². The van der Waals surface area contributed by atoms with Gasteiger partial charge in [-0.3, -0.25) is 14.6 Å². The molecule has 0 saturated heterocycles. The molecule has 182 valence electrons. The first-order valence-corrected chi connectivity index (χ1v) is 11.1. The number of benzene rings is 1. The first-order valence-electron chi connectivity index (χ1n) is 10.7. The van der Waals surface area contributed by atoms with Crippen LogP contribution in [-0.2, 0) is 22.4 Å². The van der Waals surface area contributed by atoms with Crippen LogP contribution in [0, 0.1) is 11.2 Å². The van der Waals surface area contributed by atoms with Crippen LogP contribution in [0.1, 0.15) is 35.7 Å². The molecule has 11 heteroatoms. The minimum Gasteiger partial charge on any atom is -0.380 e. The SMILES string of the molecule is CNC(=O)C1(C(=O)N(C)C(c2ccc(NC3Cc4ccc(Cl)c(F)c4C3)cn2)C(F)(F)F)CC1. The topological polar surface area (TPSA) is 74.3 Å². The zero-order valence-electron chi connectivity index (χ0n) is 18.5. The van der Waals surface area contributed by atoms with Crippen molar-refractivity contribution in [1.29, 1.82) is 0 Å². The molecule has 34 heavy (non-hydrogen) atoms. The summed E-state index contributed by atoms with van der Waals surface area (Å²) >= 11 is 5.84. The van der Waals surface area contributed by atoms with E-state index in [0.717, 1.165) is 12.6 Å². The number of fused-ring (bicyclic) bond motifs is 1. The van der Waals surface area contributed by atoms with Gasteiger partial charge in [-0.05, 0) is 55.0 Å². The minimum absolute atomic E-state index is 0.0478. The zero-order chi connectivity index (χ0) is 24.8. The number of anilines is 1. The second-order valence-corrected chi connectivity index (χ2v) is 9.15. The van der Waals surface area contributed by atoms with Gasteiger partial charge in [-0.25, -0.2) is 4.39 Å². The Labute approximate surface area is 198 Å². The van der Waals surface area contributed by atoms with Crippen LogP contribution in [0.4, 0.5) is 23.2 Å². The van der Waals surface area contributed by atoms with Crippen molar-refractivity contribution in [3.8, 4) is 0 Å². The summed E-state index contributed by atoms with van der Waals surface area (Å²) in [6.45, 7) is 0. The maximum atomic E-state index is 14.2. The number of aromatic nitrogens is 1. The van der Waals surface area contributed by atoms with Crippen LogP contribution in [0.3, 0.4) is 0 Å². The van der Waals surface area contributed by atoms with Gasteiger partial charge in [-0.15, -0.1) is 0 Å². The van der Waals surface area contributed by atoms with E-state index < -0.39 is 35.3 Å². The Morgan fingerprint density at radius 2 is 1.91 bits per heavy atom. The van der Waals surface area contributed by atoms with Gasteiger partial charge in [-0.2, -0.15) is 13.2 Å². The van der Waals surface area contributed by atoms with E-state index in [-0.39, 0.29) is 29.6 Å². The van der Waals surface area contributed by atoms with Gasteiger partial charge < -0.3 is 15.5 Å². The van der Waals surface area contributed by atoms with Gasteiger partial charge in [0, 0.05) is 20.1 Å². The third kappa shape index (κ3) is 4.31. The molecule has 2 aliphatic carbocycles. The fourth-order valence-electron chi connectivity index (χ4n) is 4.56. The minimum atomic E-state index is -4.80. The molecule has 1 heterocycles. The summed E-state index contributed by atoms with van der Waals surface area (Å²) in [6, 6.07) is 3.43. The van der Waals surface area contributed by atoms with Crippen molar-refractivity contribution in [2.75, 3.05) is 19.4 Å². The number of hydrogen-bond donors (Lipinski definition) is 2. The fraction of sp³-hybridized carbons (Fsp3) is 0.435. The molecule has 2 unspecified atom stereocenters. The Hall–Kier alpha value is -2.88. The monoisotopic (exact) mass is 498 g/mol. The molecule has 1 aromatic heterocycles. The molecule has 0 bridgehead atoms. The van der Waals surface area contributed by atoms with Gasteiger partial charge in [0.1, 0.15) is 11.2 Å². The summed E-state index contributed by atoms with van der Waals surface area (Å²) in [4.78, 5) is 29.4. The fourth-order valence-corrected chi connectivity index (χ4v) is 4.74. The van der Waals surface area contributed by atoms with E-state index in [2.05, 4.69) is 15.6 Å². The first-order chi connectivity index (χ1) is 16.0. The molecule has 0 radical (unpaired) electrons. The predicted molar refractivity (Wildman–Crippen MR) is 118 cm³/mol. The third-order valence-corrected chi connectivity index (χ3v) is 6.78. The Bertz CT molecular complexity index is 1120. The smallest absolute Gasteiger partial charge is 0.380 e. The molecular weight excluding hydrogens is 476 g/mol. The highest BCUT2D eigenvalue weighted by atomic mass is 35.5. The quantitative estimate of drug-likeness (QED) is 0.466. The molecule has 0 aliphatic heterocycles. The van der Waals surface area contributed by atoms with Gasteiger partial charge in [-0.1, -0.05) is 17.7 Å². The predicted octanol–water partition coefficient (Wildman–Crippen LogP) is 4.04. The van der Waals surface area contributed by atoms with Crippen LogP contribution in [0.2, 0.25) is 5.02 Å². The molecule has 2 atom stereocenters. The number of alkyl halides is 3. The molecule has 4 rings (SSSR count). The summed E-state index contributed by atoms with van der Waals surface area (Å²) in [7, 11) is 2.38. The maximum absolute atomic E-state index is 14.2. The Kier molecular flexibility index (Phi) is 6.22. The number of hydrogen-bond acceptors (Lipinski definition) is 4. The normalized spacial score (nSPS) is 19.2. The van der Waals surface area contributed by atoms with Crippen molar-refractivity contribution in [3.05, 3.63) is 58.1 Å². The number of halogens is 5. The van der Waals surface area contributed by atoms with Gasteiger partial charge in [0.2, 0.25) is 11.8 Å². The highest BCUT2D eigenvalue weighted by molar-refractivity contribution is 6.30. The van der Waals surface area contributed by atoms with Crippen LogP contribution in [0.25, 0.3) is 0 Å². The highest BCUT2D eigenvalue weighted by Crippen LogP contribution is 2.49. The number of pyridine rings is 1. The molecule has 0 spiro atoms. The lowest BCUT2D eigenvalue weighted by Crippen LogP contribution is -2.47. The summed E-state index contributed by atoms with van der Waals surface area (Å²) in [5, 5.41) is 5.56. The molecule has 1 fully saturated rings. The number of rotatable bonds is 6. The molecule has 1 aromatic carbocycles. The summed E-state index contributed by atoms with van der Waals surface area (Å²) in [5.41, 5.74) is -0.00563. The summed E-state index contributed by atoms with van der Waals surface area (Å²) in [6.07, 6.45) is -2.22. The van der Waals surface area contributed by atoms with Crippen molar-refractivity contribution in [2.24, 2.45) is 5.41 Å². The number of nitrogens with one attached hydrogen (secondary N) is 2. The van der Waals surface area contributed by atoms with E-state index in [4.69, 9.17) is 11.6 Å². The van der Waals surface area contributed by atoms with Crippen LogP contribution in [0.5, 0.6) is 0 Å². The molecule has 6 nitrogen and oxygen atoms in total. The van der Waals surface area contributed by atoms with Crippen molar-refractivity contribution in [2.45, 2.75) is 43.9 Å². The molecule has 2 amide bonds. The number of nitrogens with zero attached hydrogens (tertiary/aromatic N) is 2. The Morgan fingerprint density at radius 1 is 1.21 bits per heavy atom. The van der Waals surface area contributed by atoms with Crippen LogP contribution in [-0.4, -0.2) is 48.0 Å². The van der Waals surface area contributed by atoms with Gasteiger partial charge in [0.25, 0.3) is 0 Å². The number of carbonyl (C=O) groups excluding carboxylic acids is 2. The largest absolute Gasteiger partial charge is 0.414 e. The maximum Gasteiger partial charge on any atom is 0.414 e. The third-order valence-electron chi connectivity index (χ3n) is 6.49. The average molecular weight is 499 g/mol. The van der Waals surface area contributed by atoms with Crippen molar-refractivity contribution in [3.63, 3.8) is 0 Å². The Morgan fingerprint density at radius 3 is 2.47 bits per heavy atom. The van der Waals surface area contributed by atoms with Gasteiger partial charge >= 0.3 is 6.18 Å². The van der Waals surface area contributed by atoms with E-state index in [1.165, 1.54) is 31.4 Å². The average Bonchev–Trinajstić information content (AvgIpc) is 3.50. The second kappa shape index (κ2) is 8.72. The standard InChI is InChI=1S/C23H23ClF4N4O2/c1-29-20(33)22(7-8-22)21(34)32(2)19(23(26,27)28)17-6-4-13(11-30-17)31-14-9-12-3-5-16(24)18(25)15(12)10-14/h3-6,11,14,19,31H,7-10H2,1-2H3,(H,29,33). The molecule has 1 saturated carbocycles. The molecular formula is C23H23ClF4N4O2. The van der Waals surface area contributed by atoms with E-state index in [0.29, 0.717) is 29.0 Å². The lowest BCUT2D eigenvalue weighted by molar-refractivity contribution is -0.192. The lowest BCUT2D eigenvalue weighted by Gasteiger charge is -2.32. The zero-order valence-corrected chi connectivity index (χ0v) is 19.2. The summed E-state index contributed by atoms with van der Waals surface area (Å²) < 4.78 is 56.1. The molecule has 2 aromatic rings. The lowest BCUT2D eigenvalue weighted by atomic mass is 10.0. The van der Waals surface area contributed by atoms with Crippen LogP contribution < -0.4 is 10.6 Å². The first kappa shape index (κ1) is 24.3. The second-order valence-electron chi connectivity index (χ2n) is 8.74. The van der Waals surface area contributed by atoms with Crippen molar-refractivity contribution < 1.29 is 27.2 Å². The van der Waals surface area contributed by atoms with E-state index in [9.17, 15) is 27.2 Å². The van der Waals surface area contributed by atoms with Crippen LogP contribution >= 0.6 is 11.6 Å². The van der Waals surface area contributed by atoms with Gasteiger partial charge in [0.05, 0.1) is 22.6 Å². The number of carbonyl (C=O) groups is 2. The highest BCUT2D eigenvalue weighted by Gasteiger charge is 2.60. The van der Waals surface area contributed by atoms with E-state index >= 15 is 0 Å². The summed E-state index contributed by atoms with van der Waals surface area (Å²) in [5.74, 6) is -1.93. The molecule has 2 aliphatic rings.